The van der Waals surface area contributed by atoms with Crippen molar-refractivity contribution < 1.29 is 0 Å². The summed E-state index contributed by atoms with van der Waals surface area (Å²) in [4.78, 5) is 7.90. The summed E-state index contributed by atoms with van der Waals surface area (Å²) in [6.07, 6.45) is 0.775. The van der Waals surface area contributed by atoms with Gasteiger partial charge in [-0.3, -0.25) is 0 Å². The highest BCUT2D eigenvalue weighted by Gasteiger charge is 2.07. The molecule has 0 amide bonds. The van der Waals surface area contributed by atoms with Gasteiger partial charge in [-0.1, -0.05) is 39.7 Å². The molecule has 0 unspecified atom stereocenters. The molecule has 0 aliphatic rings. The minimum Gasteiger partial charge on any atom is -0.342 e. The molecule has 1 N–H and O–H groups in total. The number of hydrogen-bond acceptors (Lipinski definition) is 1. The van der Waals surface area contributed by atoms with Gasteiger partial charge in [0.05, 0.1) is 10.5 Å². The van der Waals surface area contributed by atoms with Crippen molar-refractivity contribution in [3.63, 3.8) is 0 Å². The van der Waals surface area contributed by atoms with Crippen LogP contribution in [0.25, 0.3) is 11.0 Å². The van der Waals surface area contributed by atoms with E-state index in [2.05, 4.69) is 44.1 Å². The number of imidazole rings is 1. The molecule has 3 rings (SSSR count). The van der Waals surface area contributed by atoms with Crippen LogP contribution in [-0.2, 0) is 6.42 Å². The molecular formula is C15H12BrClN2. The summed E-state index contributed by atoms with van der Waals surface area (Å²) in [7, 11) is 0. The van der Waals surface area contributed by atoms with Crippen LogP contribution in [0, 0.1) is 6.92 Å². The first-order valence-electron chi connectivity index (χ1n) is 6.01. The minimum atomic E-state index is 0.702. The zero-order chi connectivity index (χ0) is 13.4. The molecule has 2 aromatic carbocycles. The monoisotopic (exact) mass is 334 g/mol. The van der Waals surface area contributed by atoms with Gasteiger partial charge >= 0.3 is 0 Å². The van der Waals surface area contributed by atoms with Crippen molar-refractivity contribution in [3.05, 3.63) is 62.8 Å². The number of rotatable bonds is 2. The van der Waals surface area contributed by atoms with Gasteiger partial charge in [0, 0.05) is 10.9 Å². The lowest BCUT2D eigenvalue weighted by molar-refractivity contribution is 1.04. The average Bonchev–Trinajstić information content (AvgIpc) is 2.75. The summed E-state index contributed by atoms with van der Waals surface area (Å²) in [6.45, 7) is 2.03. The second-order valence-corrected chi connectivity index (χ2v) is 5.95. The molecular weight excluding hydrogens is 324 g/mol. The van der Waals surface area contributed by atoms with E-state index in [4.69, 9.17) is 11.6 Å². The van der Waals surface area contributed by atoms with Crippen LogP contribution in [-0.4, -0.2) is 9.97 Å². The van der Waals surface area contributed by atoms with Crippen LogP contribution in [0.1, 0.15) is 17.0 Å². The second-order valence-electron chi connectivity index (χ2n) is 4.63. The molecule has 4 heteroatoms. The first-order chi connectivity index (χ1) is 9.11. The topological polar surface area (TPSA) is 28.7 Å². The lowest BCUT2D eigenvalue weighted by Crippen LogP contribution is -1.89. The maximum atomic E-state index is 6.21. The molecule has 0 saturated heterocycles. The Labute approximate surface area is 124 Å². The van der Waals surface area contributed by atoms with E-state index >= 15 is 0 Å². The smallest absolute Gasteiger partial charge is 0.111 e. The number of benzene rings is 2. The van der Waals surface area contributed by atoms with Crippen molar-refractivity contribution in [1.29, 1.82) is 0 Å². The molecule has 1 aromatic heterocycles. The largest absolute Gasteiger partial charge is 0.342 e. The first kappa shape index (κ1) is 12.7. The number of fused-ring (bicyclic) bond motifs is 1. The Balaban J connectivity index is 1.97. The number of hydrogen-bond donors (Lipinski definition) is 1. The van der Waals surface area contributed by atoms with Crippen LogP contribution >= 0.6 is 27.5 Å². The fourth-order valence-corrected chi connectivity index (χ4v) is 2.72. The molecule has 0 saturated carbocycles. The summed E-state index contributed by atoms with van der Waals surface area (Å²) in [5, 5.41) is 0.702. The van der Waals surface area contributed by atoms with Gasteiger partial charge < -0.3 is 4.98 Å². The molecule has 0 radical (unpaired) electrons. The van der Waals surface area contributed by atoms with E-state index in [1.807, 2.05) is 25.1 Å². The van der Waals surface area contributed by atoms with Crippen LogP contribution in [0.4, 0.5) is 0 Å². The van der Waals surface area contributed by atoms with Crippen molar-refractivity contribution in [2.45, 2.75) is 13.3 Å². The maximum absolute atomic E-state index is 6.21. The number of aryl methyl sites for hydroxylation is 1. The molecule has 19 heavy (non-hydrogen) atoms. The predicted octanol–water partition coefficient (Wildman–Crippen LogP) is 4.88. The van der Waals surface area contributed by atoms with E-state index in [0.29, 0.717) is 5.02 Å². The van der Waals surface area contributed by atoms with Crippen LogP contribution in [0.2, 0.25) is 5.02 Å². The third kappa shape index (κ3) is 2.67. The van der Waals surface area contributed by atoms with Crippen molar-refractivity contribution >= 4 is 38.6 Å². The van der Waals surface area contributed by atoms with Gasteiger partial charge in [0.2, 0.25) is 0 Å². The molecule has 0 aliphatic heterocycles. The molecule has 0 fully saturated rings. The fourth-order valence-electron chi connectivity index (χ4n) is 2.14. The highest BCUT2D eigenvalue weighted by atomic mass is 79.9. The Morgan fingerprint density at radius 2 is 1.95 bits per heavy atom. The normalized spacial score (nSPS) is 11.1. The van der Waals surface area contributed by atoms with Gasteiger partial charge in [0.1, 0.15) is 11.3 Å². The molecule has 3 aromatic rings. The number of nitrogens with one attached hydrogen (secondary N) is 1. The number of aromatic nitrogens is 2. The summed E-state index contributed by atoms with van der Waals surface area (Å²) in [6, 6.07) is 12.3. The van der Waals surface area contributed by atoms with Gasteiger partial charge in [-0.2, -0.15) is 0 Å². The van der Waals surface area contributed by atoms with Gasteiger partial charge in [0.25, 0.3) is 0 Å². The fraction of sp³-hybridized carbons (Fsp3) is 0.133. The molecule has 1 heterocycles. The van der Waals surface area contributed by atoms with E-state index in [1.165, 1.54) is 5.56 Å². The van der Waals surface area contributed by atoms with Crippen molar-refractivity contribution in [3.8, 4) is 0 Å². The van der Waals surface area contributed by atoms with Crippen LogP contribution < -0.4 is 0 Å². The van der Waals surface area contributed by atoms with Crippen LogP contribution in [0.5, 0.6) is 0 Å². The van der Waals surface area contributed by atoms with Crippen molar-refractivity contribution in [2.24, 2.45) is 0 Å². The van der Waals surface area contributed by atoms with E-state index in [-0.39, 0.29) is 0 Å². The van der Waals surface area contributed by atoms with E-state index in [9.17, 15) is 0 Å². The van der Waals surface area contributed by atoms with Crippen molar-refractivity contribution in [1.82, 2.24) is 9.97 Å². The van der Waals surface area contributed by atoms with E-state index < -0.39 is 0 Å². The van der Waals surface area contributed by atoms with Gasteiger partial charge in [0.15, 0.2) is 0 Å². The molecule has 0 atom stereocenters. The average molecular weight is 336 g/mol. The predicted molar refractivity (Wildman–Crippen MR) is 82.8 cm³/mol. The SMILES string of the molecule is Cc1cc(Cl)c2nc(Cc3ccc(Br)cc3)[nH]c2c1. The van der Waals surface area contributed by atoms with Crippen LogP contribution in [0.3, 0.4) is 0 Å². The summed E-state index contributed by atoms with van der Waals surface area (Å²) < 4.78 is 1.08. The van der Waals surface area contributed by atoms with Gasteiger partial charge in [-0.05, 0) is 42.3 Å². The Morgan fingerprint density at radius 1 is 1.21 bits per heavy atom. The van der Waals surface area contributed by atoms with Gasteiger partial charge in [-0.25, -0.2) is 4.98 Å². The van der Waals surface area contributed by atoms with Gasteiger partial charge in [-0.15, -0.1) is 0 Å². The molecule has 0 spiro atoms. The number of nitrogens with zero attached hydrogens (tertiary/aromatic N) is 1. The Hall–Kier alpha value is -1.32. The minimum absolute atomic E-state index is 0.702. The van der Waals surface area contributed by atoms with E-state index in [1.54, 1.807) is 0 Å². The lowest BCUT2D eigenvalue weighted by Gasteiger charge is -1.97. The zero-order valence-electron chi connectivity index (χ0n) is 10.4. The highest BCUT2D eigenvalue weighted by Crippen LogP contribution is 2.24. The van der Waals surface area contributed by atoms with Crippen molar-refractivity contribution in [2.75, 3.05) is 0 Å². The quantitative estimate of drug-likeness (QED) is 0.710. The number of halogens is 2. The number of aromatic amines is 1. The highest BCUT2D eigenvalue weighted by molar-refractivity contribution is 9.10. The maximum Gasteiger partial charge on any atom is 0.111 e. The number of H-pyrrole nitrogens is 1. The lowest BCUT2D eigenvalue weighted by atomic mass is 10.1. The van der Waals surface area contributed by atoms with Crippen LogP contribution in [0.15, 0.2) is 40.9 Å². The zero-order valence-corrected chi connectivity index (χ0v) is 12.7. The third-order valence-electron chi connectivity index (χ3n) is 3.02. The summed E-state index contributed by atoms with van der Waals surface area (Å²) >= 11 is 9.65. The Morgan fingerprint density at radius 3 is 2.68 bits per heavy atom. The second kappa shape index (κ2) is 4.99. The summed E-state index contributed by atoms with van der Waals surface area (Å²) in [5.41, 5.74) is 4.20. The van der Waals surface area contributed by atoms with E-state index in [0.717, 1.165) is 33.3 Å². The first-order valence-corrected chi connectivity index (χ1v) is 7.18. The molecule has 0 bridgehead atoms. The summed E-state index contributed by atoms with van der Waals surface area (Å²) in [5.74, 6) is 0.935. The third-order valence-corrected chi connectivity index (χ3v) is 3.84. The molecule has 0 aliphatic carbocycles. The molecule has 2 nitrogen and oxygen atoms in total. The Bertz CT molecular complexity index is 732. The Kier molecular flexibility index (Phi) is 3.33. The molecule has 96 valence electrons. The standard InChI is InChI=1S/C15H12BrClN2/c1-9-6-12(17)15-13(7-9)18-14(19-15)8-10-2-4-11(16)5-3-10/h2-7H,8H2,1H3,(H,18,19).